The Kier molecular flexibility index (Phi) is 8.62. The molecule has 8 heteroatoms. The monoisotopic (exact) mass is 537 g/mol. The van der Waals surface area contributed by atoms with Crippen LogP contribution < -0.4 is 19.7 Å². The molecule has 0 radical (unpaired) electrons. The number of aliphatic imine (C=N–C) groups is 1. The number of guanidine groups is 1. The first kappa shape index (κ1) is 23.4. The third-order valence-electron chi connectivity index (χ3n) is 5.63. The number of hydrogen-bond acceptors (Lipinski definition) is 5. The molecular formula is C23H32IN5O2. The number of nitrogens with one attached hydrogen (secondary N) is 1. The average Bonchev–Trinajstić information content (AvgIpc) is 3.64. The van der Waals surface area contributed by atoms with Crippen LogP contribution >= 0.6 is 24.0 Å². The molecule has 1 aliphatic heterocycles. The maximum Gasteiger partial charge on any atom is 0.213 e. The molecule has 1 saturated heterocycles. The Morgan fingerprint density at radius 2 is 1.90 bits per heavy atom. The van der Waals surface area contributed by atoms with Crippen molar-refractivity contribution in [2.24, 2.45) is 10.9 Å². The maximum atomic E-state index is 5.71. The third kappa shape index (κ3) is 6.38. The standard InChI is InChI=1S/C23H31N5O2.HI/c1-24-23(26-16-19-9-10-22(25-15-19)30-17-18-7-8-18)28-13-11-27(12-14-28)20-5-3-4-6-21(20)29-2;/h3-6,9-10,15,18H,7-8,11-14,16-17H2,1-2H3,(H,24,26);1H. The fourth-order valence-corrected chi connectivity index (χ4v) is 3.65. The van der Waals surface area contributed by atoms with Gasteiger partial charge in [0.1, 0.15) is 5.75 Å². The van der Waals surface area contributed by atoms with Crippen molar-refractivity contribution in [3.05, 3.63) is 48.2 Å². The van der Waals surface area contributed by atoms with E-state index in [4.69, 9.17) is 9.47 Å². The molecule has 0 bridgehead atoms. The molecule has 2 aromatic rings. The summed E-state index contributed by atoms with van der Waals surface area (Å²) in [5.41, 5.74) is 2.26. The summed E-state index contributed by atoms with van der Waals surface area (Å²) in [6.45, 7) is 5.15. The van der Waals surface area contributed by atoms with Crippen LogP contribution in [0.5, 0.6) is 11.6 Å². The van der Waals surface area contributed by atoms with E-state index in [-0.39, 0.29) is 24.0 Å². The quantitative estimate of drug-likeness (QED) is 0.332. The van der Waals surface area contributed by atoms with Crippen LogP contribution in [0, 0.1) is 5.92 Å². The fourth-order valence-electron chi connectivity index (χ4n) is 3.65. The summed E-state index contributed by atoms with van der Waals surface area (Å²) in [6, 6.07) is 12.2. The molecule has 2 heterocycles. The topological polar surface area (TPSA) is 62.2 Å². The van der Waals surface area contributed by atoms with Gasteiger partial charge in [0.2, 0.25) is 5.88 Å². The van der Waals surface area contributed by atoms with Gasteiger partial charge in [0.05, 0.1) is 19.4 Å². The first-order chi connectivity index (χ1) is 14.8. The minimum absolute atomic E-state index is 0. The lowest BCUT2D eigenvalue weighted by Gasteiger charge is -2.38. The van der Waals surface area contributed by atoms with Gasteiger partial charge >= 0.3 is 0 Å². The minimum atomic E-state index is 0. The van der Waals surface area contributed by atoms with E-state index in [0.717, 1.165) is 61.7 Å². The normalized spacial score (nSPS) is 16.5. The van der Waals surface area contributed by atoms with Crippen LogP contribution in [0.1, 0.15) is 18.4 Å². The third-order valence-corrected chi connectivity index (χ3v) is 5.63. The summed E-state index contributed by atoms with van der Waals surface area (Å²) in [5, 5.41) is 3.46. The van der Waals surface area contributed by atoms with Gasteiger partial charge in [0.25, 0.3) is 0 Å². The van der Waals surface area contributed by atoms with E-state index in [2.05, 4.69) is 43.3 Å². The van der Waals surface area contributed by atoms with Gasteiger partial charge in [-0.3, -0.25) is 4.99 Å². The van der Waals surface area contributed by atoms with Gasteiger partial charge in [-0.05, 0) is 36.5 Å². The number of pyridine rings is 1. The Balaban J connectivity index is 0.00000272. The minimum Gasteiger partial charge on any atom is -0.495 e. The molecule has 4 rings (SSSR count). The number of benzene rings is 1. The molecule has 1 aromatic carbocycles. The van der Waals surface area contributed by atoms with Crippen molar-refractivity contribution >= 4 is 35.6 Å². The predicted octanol–water partition coefficient (Wildman–Crippen LogP) is 3.39. The van der Waals surface area contributed by atoms with Gasteiger partial charge in [-0.15, -0.1) is 24.0 Å². The zero-order valence-electron chi connectivity index (χ0n) is 18.3. The fraction of sp³-hybridized carbons (Fsp3) is 0.478. The highest BCUT2D eigenvalue weighted by Crippen LogP contribution is 2.29. The van der Waals surface area contributed by atoms with E-state index in [1.54, 1.807) is 7.11 Å². The Bertz CT molecular complexity index is 849. The summed E-state index contributed by atoms with van der Waals surface area (Å²) in [4.78, 5) is 13.6. The summed E-state index contributed by atoms with van der Waals surface area (Å²) < 4.78 is 11.2. The lowest BCUT2D eigenvalue weighted by Crippen LogP contribution is -2.52. The number of aromatic nitrogens is 1. The molecule has 1 N–H and O–H groups in total. The average molecular weight is 537 g/mol. The molecule has 1 aliphatic carbocycles. The van der Waals surface area contributed by atoms with Crippen molar-refractivity contribution in [1.29, 1.82) is 0 Å². The second-order valence-corrected chi connectivity index (χ2v) is 7.81. The van der Waals surface area contributed by atoms with Gasteiger partial charge < -0.3 is 24.6 Å². The van der Waals surface area contributed by atoms with E-state index in [1.165, 1.54) is 12.8 Å². The van der Waals surface area contributed by atoms with E-state index < -0.39 is 0 Å². The summed E-state index contributed by atoms with van der Waals surface area (Å²) in [6.07, 6.45) is 4.45. The molecule has 2 aliphatic rings. The highest BCUT2D eigenvalue weighted by Gasteiger charge is 2.22. The van der Waals surface area contributed by atoms with E-state index in [1.807, 2.05) is 31.4 Å². The molecular weight excluding hydrogens is 505 g/mol. The van der Waals surface area contributed by atoms with Crippen LogP contribution in [0.4, 0.5) is 5.69 Å². The van der Waals surface area contributed by atoms with Gasteiger partial charge in [-0.2, -0.15) is 0 Å². The largest absolute Gasteiger partial charge is 0.495 e. The molecule has 168 valence electrons. The molecule has 7 nitrogen and oxygen atoms in total. The van der Waals surface area contributed by atoms with Crippen molar-refractivity contribution in [3.8, 4) is 11.6 Å². The number of para-hydroxylation sites is 2. The first-order valence-electron chi connectivity index (χ1n) is 10.7. The van der Waals surface area contributed by atoms with Gasteiger partial charge in [0.15, 0.2) is 5.96 Å². The lowest BCUT2D eigenvalue weighted by atomic mass is 10.2. The van der Waals surface area contributed by atoms with Crippen LogP contribution in [0.25, 0.3) is 0 Å². The Hall–Kier alpha value is -2.23. The summed E-state index contributed by atoms with van der Waals surface area (Å²) in [5.74, 6) is 3.29. The van der Waals surface area contributed by atoms with Crippen molar-refractivity contribution < 1.29 is 9.47 Å². The van der Waals surface area contributed by atoms with Crippen LogP contribution in [0.3, 0.4) is 0 Å². The number of nitrogens with zero attached hydrogens (tertiary/aromatic N) is 4. The number of hydrogen-bond donors (Lipinski definition) is 1. The molecule has 0 spiro atoms. The Labute approximate surface area is 201 Å². The lowest BCUT2D eigenvalue weighted by molar-refractivity contribution is 0.288. The predicted molar refractivity (Wildman–Crippen MR) is 135 cm³/mol. The Morgan fingerprint density at radius 1 is 1.13 bits per heavy atom. The van der Waals surface area contributed by atoms with Gasteiger partial charge in [-0.1, -0.05) is 18.2 Å². The smallest absolute Gasteiger partial charge is 0.213 e. The van der Waals surface area contributed by atoms with E-state index in [0.29, 0.717) is 12.4 Å². The van der Waals surface area contributed by atoms with Gasteiger partial charge in [-0.25, -0.2) is 4.98 Å². The second kappa shape index (κ2) is 11.4. The zero-order chi connectivity index (χ0) is 20.8. The number of anilines is 1. The van der Waals surface area contributed by atoms with Crippen molar-refractivity contribution in [2.75, 3.05) is 51.8 Å². The Morgan fingerprint density at radius 3 is 2.55 bits per heavy atom. The number of rotatable bonds is 7. The van der Waals surface area contributed by atoms with E-state index >= 15 is 0 Å². The maximum absolute atomic E-state index is 5.71. The molecule has 0 atom stereocenters. The van der Waals surface area contributed by atoms with Crippen molar-refractivity contribution in [2.45, 2.75) is 19.4 Å². The SMILES string of the molecule is CN=C(NCc1ccc(OCC2CC2)nc1)N1CCN(c2ccccc2OC)CC1.I. The first-order valence-corrected chi connectivity index (χ1v) is 10.7. The van der Waals surface area contributed by atoms with Crippen LogP contribution in [0.2, 0.25) is 0 Å². The molecule has 0 unspecified atom stereocenters. The summed E-state index contributed by atoms with van der Waals surface area (Å²) >= 11 is 0. The number of piperazine rings is 1. The summed E-state index contributed by atoms with van der Waals surface area (Å²) in [7, 11) is 3.56. The molecule has 1 saturated carbocycles. The molecule has 1 aromatic heterocycles. The highest BCUT2D eigenvalue weighted by atomic mass is 127. The van der Waals surface area contributed by atoms with Crippen molar-refractivity contribution in [1.82, 2.24) is 15.2 Å². The number of ether oxygens (including phenoxy) is 2. The van der Waals surface area contributed by atoms with Crippen LogP contribution in [0.15, 0.2) is 47.6 Å². The van der Waals surface area contributed by atoms with Crippen LogP contribution in [-0.2, 0) is 6.54 Å². The number of halogens is 1. The van der Waals surface area contributed by atoms with Gasteiger partial charge in [0, 0.05) is 52.0 Å². The second-order valence-electron chi connectivity index (χ2n) is 7.81. The molecule has 31 heavy (non-hydrogen) atoms. The molecule has 0 amide bonds. The highest BCUT2D eigenvalue weighted by molar-refractivity contribution is 14.0. The zero-order valence-corrected chi connectivity index (χ0v) is 20.6. The molecule has 2 fully saturated rings. The van der Waals surface area contributed by atoms with Crippen molar-refractivity contribution in [3.63, 3.8) is 0 Å². The van der Waals surface area contributed by atoms with E-state index in [9.17, 15) is 0 Å². The number of methoxy groups -OCH3 is 1. The van der Waals surface area contributed by atoms with Crippen LogP contribution in [-0.4, -0.2) is 62.8 Å².